The van der Waals surface area contributed by atoms with Gasteiger partial charge in [0.25, 0.3) is 8.53 Å². The van der Waals surface area contributed by atoms with E-state index in [0.29, 0.717) is 46.1 Å². The van der Waals surface area contributed by atoms with Gasteiger partial charge in [-0.3, -0.25) is 9.59 Å². The number of ether oxygens (including phenoxy) is 5. The van der Waals surface area contributed by atoms with E-state index in [2.05, 4.69) is 43.8 Å². The van der Waals surface area contributed by atoms with E-state index in [9.17, 15) is 9.59 Å². The molecule has 0 spiro atoms. The van der Waals surface area contributed by atoms with Gasteiger partial charge in [-0.05, 0) is 40.5 Å². The summed E-state index contributed by atoms with van der Waals surface area (Å²) < 4.78 is 41.7. The van der Waals surface area contributed by atoms with Gasteiger partial charge in [0.05, 0.1) is 70.9 Å². The number of nitrogens with one attached hydrogen (secondary N) is 1. The molecule has 0 aromatic rings. The summed E-state index contributed by atoms with van der Waals surface area (Å²) >= 11 is 0. The topological polar surface area (TPSA) is 138 Å². The summed E-state index contributed by atoms with van der Waals surface area (Å²) in [7, 11) is -1.29. The molecule has 0 aromatic heterocycles. The fraction of sp³-hybridized carbons (Fsp3) is 0.800. The fourth-order valence-electron chi connectivity index (χ4n) is 3.46. The molecule has 1 unspecified atom stereocenters. The minimum absolute atomic E-state index is 0.0664. The number of rotatable bonds is 20. The fourth-order valence-corrected chi connectivity index (χ4v) is 5.03. The van der Waals surface area contributed by atoms with Crippen molar-refractivity contribution < 1.29 is 42.3 Å². The Morgan fingerprint density at radius 3 is 2.16 bits per heavy atom. The third-order valence-electron chi connectivity index (χ3n) is 4.93. The minimum atomic E-state index is -1.29. The van der Waals surface area contributed by atoms with Gasteiger partial charge in [0.2, 0.25) is 5.91 Å². The lowest BCUT2D eigenvalue weighted by Crippen LogP contribution is -2.51. The molecule has 12 nitrogen and oxygen atoms in total. The highest BCUT2D eigenvalue weighted by Crippen LogP contribution is 2.45. The Labute approximate surface area is 228 Å². The number of carbonyl (C=O) groups excluding carboxylic acids is 2. The molecule has 4 atom stereocenters. The SMILES string of the molecule is CC(=O)N[C@@H]1[CH][CH][C@H](COC(C)=O)O[C@H]1OCCOCCOCCOP(OCCC#N)N(C(C)C)C(C)C. The number of hydrogen-bond acceptors (Lipinski definition) is 11. The maximum atomic E-state index is 11.5. The second-order valence-corrected chi connectivity index (χ2v) is 10.4. The van der Waals surface area contributed by atoms with Gasteiger partial charge in [-0.1, -0.05) is 0 Å². The summed E-state index contributed by atoms with van der Waals surface area (Å²) in [6.45, 7) is 13.5. The van der Waals surface area contributed by atoms with E-state index in [1.165, 1.54) is 13.8 Å². The number of nitriles is 1. The van der Waals surface area contributed by atoms with E-state index in [1.54, 1.807) is 12.8 Å². The Kier molecular flexibility index (Phi) is 18.7. The van der Waals surface area contributed by atoms with Gasteiger partial charge in [-0.15, -0.1) is 0 Å². The lowest BCUT2D eigenvalue weighted by atomic mass is 10.0. The number of nitrogens with zero attached hydrogens (tertiary/aromatic N) is 2. The van der Waals surface area contributed by atoms with Crippen molar-refractivity contribution in [1.82, 2.24) is 9.99 Å². The van der Waals surface area contributed by atoms with Crippen molar-refractivity contribution in [3.63, 3.8) is 0 Å². The zero-order valence-electron chi connectivity index (χ0n) is 23.4. The van der Waals surface area contributed by atoms with E-state index < -0.39 is 32.9 Å². The molecule has 0 bridgehead atoms. The predicted octanol–water partition coefficient (Wildman–Crippen LogP) is 2.53. The molecule has 1 N–H and O–H groups in total. The Hall–Kier alpha value is -1.42. The average Bonchev–Trinajstić information content (AvgIpc) is 2.84. The monoisotopic (exact) mass is 561 g/mol. The van der Waals surface area contributed by atoms with Crippen LogP contribution in [0.2, 0.25) is 0 Å². The first kappa shape index (κ1) is 34.6. The van der Waals surface area contributed by atoms with E-state index in [4.69, 9.17) is 38.0 Å². The van der Waals surface area contributed by atoms with Crippen molar-refractivity contribution >= 4 is 20.4 Å². The number of esters is 1. The highest BCUT2D eigenvalue weighted by Gasteiger charge is 2.33. The van der Waals surface area contributed by atoms with Gasteiger partial charge in [0.15, 0.2) is 6.29 Å². The minimum Gasteiger partial charge on any atom is -0.463 e. The second-order valence-electron chi connectivity index (χ2n) is 8.93. The molecule has 13 heteroatoms. The van der Waals surface area contributed by atoms with Crippen LogP contribution < -0.4 is 5.32 Å². The molecular weight excluding hydrogens is 517 g/mol. The smallest absolute Gasteiger partial charge is 0.302 e. The van der Waals surface area contributed by atoms with Crippen molar-refractivity contribution in [3.8, 4) is 6.07 Å². The van der Waals surface area contributed by atoms with Crippen LogP contribution in [-0.2, 0) is 42.3 Å². The molecule has 1 aliphatic heterocycles. The van der Waals surface area contributed by atoms with Gasteiger partial charge in [0.1, 0.15) is 6.61 Å². The van der Waals surface area contributed by atoms with Gasteiger partial charge >= 0.3 is 5.97 Å². The van der Waals surface area contributed by atoms with Gasteiger partial charge in [-0.2, -0.15) is 5.26 Å². The van der Waals surface area contributed by atoms with Crippen molar-refractivity contribution in [2.75, 3.05) is 52.9 Å². The van der Waals surface area contributed by atoms with Crippen molar-refractivity contribution in [1.29, 1.82) is 5.26 Å². The lowest BCUT2D eigenvalue weighted by Gasteiger charge is -2.35. The summed E-state index contributed by atoms with van der Waals surface area (Å²) in [4.78, 5) is 22.5. The van der Waals surface area contributed by atoms with Crippen molar-refractivity contribution in [2.45, 2.75) is 78.5 Å². The van der Waals surface area contributed by atoms with Crippen LogP contribution in [0.15, 0.2) is 0 Å². The summed E-state index contributed by atoms with van der Waals surface area (Å²) in [6.07, 6.45) is 2.62. The molecule has 1 fully saturated rings. The van der Waals surface area contributed by atoms with Gasteiger partial charge in [-0.25, -0.2) is 4.67 Å². The molecule has 1 amide bonds. The molecule has 1 saturated heterocycles. The lowest BCUT2D eigenvalue weighted by molar-refractivity contribution is -0.200. The molecular formula is C25H44N3O9P. The quantitative estimate of drug-likeness (QED) is 0.133. The van der Waals surface area contributed by atoms with Crippen LogP contribution in [-0.4, -0.2) is 99.9 Å². The summed E-state index contributed by atoms with van der Waals surface area (Å²) in [6, 6.07) is 2.11. The number of carbonyl (C=O) groups is 2. The van der Waals surface area contributed by atoms with E-state index in [0.717, 1.165) is 0 Å². The van der Waals surface area contributed by atoms with Gasteiger partial charge < -0.3 is 38.0 Å². The third kappa shape index (κ3) is 15.2. The molecule has 1 heterocycles. The second kappa shape index (κ2) is 20.5. The van der Waals surface area contributed by atoms with E-state index in [1.807, 2.05) is 0 Å². The zero-order valence-corrected chi connectivity index (χ0v) is 24.3. The standard InChI is InChI=1S/C25H44N3O9P/c1-19(2)28(20(3)4)38(35-11-7-10-26)36-17-15-32-13-12-31-14-16-33-25-24(27-21(5)29)9-8-23(37-25)18-34-22(6)30/h8-9,19-20,23-25H,7,11-18H2,1-6H3,(H,27,29)/t23-,24-,25-,38?/m1/s1. The van der Waals surface area contributed by atoms with Crippen LogP contribution in [0.4, 0.5) is 0 Å². The van der Waals surface area contributed by atoms with E-state index in [-0.39, 0.29) is 31.2 Å². The maximum Gasteiger partial charge on any atom is 0.302 e. The van der Waals surface area contributed by atoms with Crippen molar-refractivity contribution in [3.05, 3.63) is 12.8 Å². The van der Waals surface area contributed by atoms with Gasteiger partial charge in [0, 0.05) is 25.9 Å². The normalized spacial score (nSPS) is 20.5. The largest absolute Gasteiger partial charge is 0.463 e. The maximum absolute atomic E-state index is 11.5. The molecule has 0 aromatic carbocycles. The Morgan fingerprint density at radius 2 is 1.58 bits per heavy atom. The highest BCUT2D eigenvalue weighted by molar-refractivity contribution is 7.44. The Morgan fingerprint density at radius 1 is 0.974 bits per heavy atom. The zero-order chi connectivity index (χ0) is 28.3. The molecule has 38 heavy (non-hydrogen) atoms. The predicted molar refractivity (Wildman–Crippen MR) is 140 cm³/mol. The Balaban J connectivity index is 2.27. The summed E-state index contributed by atoms with van der Waals surface area (Å²) in [5.74, 6) is -0.612. The van der Waals surface area contributed by atoms with Crippen LogP contribution in [0, 0.1) is 24.2 Å². The van der Waals surface area contributed by atoms with Crippen LogP contribution in [0.3, 0.4) is 0 Å². The first-order valence-corrected chi connectivity index (χ1v) is 14.0. The van der Waals surface area contributed by atoms with E-state index >= 15 is 0 Å². The summed E-state index contributed by atoms with van der Waals surface area (Å²) in [5, 5.41) is 11.5. The van der Waals surface area contributed by atoms with Crippen LogP contribution in [0.1, 0.15) is 48.0 Å². The summed E-state index contributed by atoms with van der Waals surface area (Å²) in [5.41, 5.74) is 0. The molecule has 218 valence electrons. The van der Waals surface area contributed by atoms with Crippen LogP contribution in [0.25, 0.3) is 0 Å². The third-order valence-corrected chi connectivity index (χ3v) is 7.04. The first-order chi connectivity index (χ1) is 18.1. The van der Waals surface area contributed by atoms with Crippen LogP contribution >= 0.6 is 8.53 Å². The molecule has 0 saturated carbocycles. The molecule has 1 rings (SSSR count). The number of hydrogen-bond donors (Lipinski definition) is 1. The Bertz CT molecular complexity index is 700. The van der Waals surface area contributed by atoms with Crippen LogP contribution in [0.5, 0.6) is 0 Å². The van der Waals surface area contributed by atoms with Crippen molar-refractivity contribution in [2.24, 2.45) is 0 Å². The first-order valence-electron chi connectivity index (χ1n) is 12.9. The average molecular weight is 562 g/mol. The molecule has 2 radical (unpaired) electrons. The molecule has 1 aliphatic rings. The molecule has 0 aliphatic carbocycles. The number of amides is 1. The highest BCUT2D eigenvalue weighted by atomic mass is 31.2.